The molecule has 2 heterocycles. The number of carbonyl (C=O) groups excluding carboxylic acids is 5. The van der Waals surface area contributed by atoms with E-state index in [9.17, 15) is 29.1 Å². The number of phenolic OH excluding ortho intramolecular Hbond substituents is 1. The molecule has 0 radical (unpaired) electrons. The first-order valence-electron chi connectivity index (χ1n) is 15.1. The molecule has 2 aromatic carbocycles. The molecule has 2 fully saturated rings. The highest BCUT2D eigenvalue weighted by molar-refractivity contribution is 6.03. The number of aromatic hydroxyl groups is 1. The van der Waals surface area contributed by atoms with Crippen molar-refractivity contribution in [3.8, 4) is 5.75 Å². The number of carbonyl (C=O) groups is 5. The molecule has 246 valence electrons. The van der Waals surface area contributed by atoms with Crippen molar-refractivity contribution in [1.82, 2.24) is 20.4 Å². The lowest BCUT2D eigenvalue weighted by Gasteiger charge is -2.33. The normalized spacial score (nSPS) is 19.3. The van der Waals surface area contributed by atoms with Gasteiger partial charge in [-0.05, 0) is 69.7 Å². The van der Waals surface area contributed by atoms with Crippen LogP contribution in [0.4, 0.5) is 9.59 Å². The molecule has 3 atom stereocenters. The van der Waals surface area contributed by atoms with E-state index in [1.54, 1.807) is 45.0 Å². The minimum atomic E-state index is -1.20. The molecule has 2 aliphatic heterocycles. The first-order chi connectivity index (χ1) is 21.8. The van der Waals surface area contributed by atoms with Gasteiger partial charge in [0.15, 0.2) is 0 Å². The van der Waals surface area contributed by atoms with Gasteiger partial charge in [0.2, 0.25) is 11.9 Å². The Balaban J connectivity index is 1.42. The van der Waals surface area contributed by atoms with Crippen molar-refractivity contribution in [2.75, 3.05) is 13.1 Å². The SMILES string of the molecule is CC(C)(C)OC(=O)N[C@@H](C(=O)N1CCC[C@H]1C(=O)N[C@H]1CCCN(/C(N)=N\C(=O)OCc2ccccc2)C1=O)c1ccc(O)cc1. The summed E-state index contributed by atoms with van der Waals surface area (Å²) in [5.41, 5.74) is 6.31. The van der Waals surface area contributed by atoms with Crippen LogP contribution in [-0.4, -0.2) is 81.5 Å². The Kier molecular flexibility index (Phi) is 10.8. The third kappa shape index (κ3) is 8.96. The number of aliphatic imine (C=N–C) groups is 1. The molecule has 2 aromatic rings. The summed E-state index contributed by atoms with van der Waals surface area (Å²) in [6, 6.07) is 11.7. The second-order valence-electron chi connectivity index (χ2n) is 12.1. The zero-order valence-corrected chi connectivity index (χ0v) is 26.1. The molecule has 0 unspecified atom stereocenters. The predicted octanol–water partition coefficient (Wildman–Crippen LogP) is 2.71. The highest BCUT2D eigenvalue weighted by Gasteiger charge is 2.41. The zero-order valence-electron chi connectivity index (χ0n) is 26.1. The highest BCUT2D eigenvalue weighted by atomic mass is 16.6. The van der Waals surface area contributed by atoms with Gasteiger partial charge in [-0.25, -0.2) is 9.59 Å². The van der Waals surface area contributed by atoms with Gasteiger partial charge in [-0.1, -0.05) is 42.5 Å². The molecule has 0 aliphatic carbocycles. The Hall–Kier alpha value is -5.14. The number of alkyl carbamates (subject to hydrolysis) is 1. The number of hydrogen-bond acceptors (Lipinski definition) is 8. The van der Waals surface area contributed by atoms with Gasteiger partial charge in [-0.3, -0.25) is 19.3 Å². The number of amides is 5. The van der Waals surface area contributed by atoms with Gasteiger partial charge >= 0.3 is 12.2 Å². The molecular weight excluding hydrogens is 596 g/mol. The van der Waals surface area contributed by atoms with Crippen LogP contribution in [0.3, 0.4) is 0 Å². The van der Waals surface area contributed by atoms with E-state index in [0.29, 0.717) is 31.2 Å². The molecule has 2 aliphatic rings. The van der Waals surface area contributed by atoms with Gasteiger partial charge in [0.25, 0.3) is 11.8 Å². The maximum Gasteiger partial charge on any atom is 0.437 e. The van der Waals surface area contributed by atoms with Crippen molar-refractivity contribution < 1.29 is 38.6 Å². The monoisotopic (exact) mass is 636 g/mol. The quantitative estimate of drug-likeness (QED) is 0.261. The van der Waals surface area contributed by atoms with Crippen molar-refractivity contribution >= 4 is 35.9 Å². The summed E-state index contributed by atoms with van der Waals surface area (Å²) < 4.78 is 10.5. The second-order valence-corrected chi connectivity index (χ2v) is 12.1. The number of rotatable bonds is 7. The molecule has 14 nitrogen and oxygen atoms in total. The van der Waals surface area contributed by atoms with Crippen molar-refractivity contribution in [2.45, 2.75) is 76.8 Å². The van der Waals surface area contributed by atoms with Crippen LogP contribution < -0.4 is 16.4 Å². The summed E-state index contributed by atoms with van der Waals surface area (Å²) in [6.45, 7) is 5.50. The van der Waals surface area contributed by atoms with Crippen LogP contribution in [0.1, 0.15) is 63.6 Å². The third-order valence-corrected chi connectivity index (χ3v) is 7.42. The minimum Gasteiger partial charge on any atom is -0.508 e. The summed E-state index contributed by atoms with van der Waals surface area (Å²) in [5.74, 6) is -1.99. The average Bonchev–Trinajstić information content (AvgIpc) is 3.50. The standard InChI is InChI=1S/C32H40N6O8/c1-32(2,3)46-31(44)35-25(21-13-15-22(39)16-14-21)28(42)37-17-8-12-24(37)26(40)34-23-11-7-18-38(27(23)41)29(33)36-30(43)45-19-20-9-5-4-6-10-20/h4-6,9-10,13-16,23-25,39H,7-8,11-12,17-19H2,1-3H3,(H,34,40)(H,35,44)(H2,33,36,43)/t23-,24-,25+/m0/s1. The second kappa shape index (κ2) is 14.8. The van der Waals surface area contributed by atoms with Crippen LogP contribution in [0.2, 0.25) is 0 Å². The molecule has 0 bridgehead atoms. The topological polar surface area (TPSA) is 193 Å². The Bertz CT molecular complexity index is 1460. The van der Waals surface area contributed by atoms with E-state index in [2.05, 4.69) is 15.6 Å². The fraction of sp³-hybridized carbons (Fsp3) is 0.438. The fourth-order valence-electron chi connectivity index (χ4n) is 5.26. The van der Waals surface area contributed by atoms with E-state index < -0.39 is 53.6 Å². The van der Waals surface area contributed by atoms with E-state index in [1.165, 1.54) is 29.2 Å². The first-order valence-corrected chi connectivity index (χ1v) is 15.1. The number of ether oxygens (including phenoxy) is 2. The first kappa shape index (κ1) is 33.7. The van der Waals surface area contributed by atoms with Crippen LogP contribution in [-0.2, 0) is 30.5 Å². The number of phenols is 1. The number of nitrogens with zero attached hydrogens (tertiary/aromatic N) is 3. The Labute approximate surface area is 266 Å². The Morgan fingerprint density at radius 2 is 1.70 bits per heavy atom. The summed E-state index contributed by atoms with van der Waals surface area (Å²) in [6.07, 6.45) is -0.119. The number of hydrogen-bond donors (Lipinski definition) is 4. The maximum atomic E-state index is 13.9. The lowest BCUT2D eigenvalue weighted by atomic mass is 10.0. The highest BCUT2D eigenvalue weighted by Crippen LogP contribution is 2.26. The van der Waals surface area contributed by atoms with E-state index >= 15 is 0 Å². The van der Waals surface area contributed by atoms with Crippen LogP contribution >= 0.6 is 0 Å². The molecule has 4 rings (SSSR count). The van der Waals surface area contributed by atoms with Gasteiger partial charge in [0.1, 0.15) is 36.1 Å². The molecule has 2 saturated heterocycles. The Morgan fingerprint density at radius 1 is 1.02 bits per heavy atom. The van der Waals surface area contributed by atoms with E-state index in [1.807, 2.05) is 6.07 Å². The fourth-order valence-corrected chi connectivity index (χ4v) is 5.26. The number of benzene rings is 2. The van der Waals surface area contributed by atoms with Crippen molar-refractivity contribution in [2.24, 2.45) is 10.7 Å². The van der Waals surface area contributed by atoms with Gasteiger partial charge in [-0.15, -0.1) is 4.99 Å². The van der Waals surface area contributed by atoms with Gasteiger partial charge in [-0.2, -0.15) is 0 Å². The minimum absolute atomic E-state index is 0.0133. The van der Waals surface area contributed by atoms with Crippen LogP contribution in [0.5, 0.6) is 5.75 Å². The van der Waals surface area contributed by atoms with Gasteiger partial charge in [0.05, 0.1) is 0 Å². The van der Waals surface area contributed by atoms with Crippen molar-refractivity contribution in [3.05, 3.63) is 65.7 Å². The molecule has 0 saturated carbocycles. The molecule has 5 amide bonds. The van der Waals surface area contributed by atoms with E-state index in [4.69, 9.17) is 15.2 Å². The molecular formula is C32H40N6O8. The summed E-state index contributed by atoms with van der Waals surface area (Å²) in [7, 11) is 0. The van der Waals surface area contributed by atoms with E-state index in [-0.39, 0.29) is 31.4 Å². The predicted molar refractivity (Wildman–Crippen MR) is 166 cm³/mol. The molecule has 5 N–H and O–H groups in total. The van der Waals surface area contributed by atoms with Crippen LogP contribution in [0, 0.1) is 0 Å². The summed E-state index contributed by atoms with van der Waals surface area (Å²) in [5, 5.41) is 15.1. The van der Waals surface area contributed by atoms with Gasteiger partial charge < -0.3 is 35.8 Å². The number of nitrogens with two attached hydrogens (primary N) is 1. The Morgan fingerprint density at radius 3 is 2.37 bits per heavy atom. The van der Waals surface area contributed by atoms with Gasteiger partial charge in [0, 0.05) is 13.1 Å². The summed E-state index contributed by atoms with van der Waals surface area (Å²) in [4.78, 5) is 71.8. The molecule has 14 heteroatoms. The number of likely N-dealkylation sites (tertiary alicyclic amines) is 2. The summed E-state index contributed by atoms with van der Waals surface area (Å²) >= 11 is 0. The van der Waals surface area contributed by atoms with Crippen LogP contribution in [0.15, 0.2) is 59.6 Å². The van der Waals surface area contributed by atoms with Crippen LogP contribution in [0.25, 0.3) is 0 Å². The van der Waals surface area contributed by atoms with Crippen molar-refractivity contribution in [3.63, 3.8) is 0 Å². The molecule has 46 heavy (non-hydrogen) atoms. The smallest absolute Gasteiger partial charge is 0.437 e. The molecule has 0 spiro atoms. The number of nitrogens with one attached hydrogen (secondary N) is 2. The van der Waals surface area contributed by atoms with E-state index in [0.717, 1.165) is 10.5 Å². The zero-order chi connectivity index (χ0) is 33.4. The lowest BCUT2D eigenvalue weighted by Crippen LogP contribution is -2.58. The largest absolute Gasteiger partial charge is 0.508 e. The number of piperidine rings is 1. The number of guanidine groups is 1. The molecule has 0 aromatic heterocycles. The van der Waals surface area contributed by atoms with Crippen molar-refractivity contribution in [1.29, 1.82) is 0 Å². The average molecular weight is 637 g/mol. The lowest BCUT2D eigenvalue weighted by molar-refractivity contribution is -0.142. The maximum absolute atomic E-state index is 13.9. The third-order valence-electron chi connectivity index (χ3n) is 7.42.